The molecule has 5 heteroatoms. The quantitative estimate of drug-likeness (QED) is 0.766. The summed E-state index contributed by atoms with van der Waals surface area (Å²) in [6.45, 7) is 1.96. The van der Waals surface area contributed by atoms with E-state index in [0.717, 1.165) is 22.3 Å². The first-order valence-electron chi connectivity index (χ1n) is 6.94. The van der Waals surface area contributed by atoms with Crippen molar-refractivity contribution in [3.8, 4) is 11.1 Å². The van der Waals surface area contributed by atoms with Crippen molar-refractivity contribution in [1.29, 1.82) is 0 Å². The first-order chi connectivity index (χ1) is 10.5. The van der Waals surface area contributed by atoms with E-state index in [1.54, 1.807) is 0 Å². The molecule has 2 aromatic carbocycles. The molecule has 1 unspecified atom stereocenters. The van der Waals surface area contributed by atoms with Gasteiger partial charge in [0.25, 0.3) is 0 Å². The normalized spacial score (nSPS) is 12.1. The largest absolute Gasteiger partial charge is 0.480 e. The lowest BCUT2D eigenvalue weighted by atomic mass is 9.98. The summed E-state index contributed by atoms with van der Waals surface area (Å²) in [7, 11) is 0. The van der Waals surface area contributed by atoms with Crippen LogP contribution in [0.1, 0.15) is 11.1 Å². The Morgan fingerprint density at radius 2 is 1.91 bits per heavy atom. The lowest BCUT2D eigenvalue weighted by molar-refractivity contribution is -0.140. The van der Waals surface area contributed by atoms with E-state index in [4.69, 9.17) is 21.8 Å². The number of aliphatic carboxylic acids is 1. The molecular formula is C17H18ClNO3. The van der Waals surface area contributed by atoms with Gasteiger partial charge in [0.05, 0.1) is 6.61 Å². The first-order valence-corrected chi connectivity index (χ1v) is 7.31. The Labute approximate surface area is 134 Å². The highest BCUT2D eigenvalue weighted by atomic mass is 35.5. The van der Waals surface area contributed by atoms with Crippen LogP contribution in [-0.2, 0) is 11.3 Å². The summed E-state index contributed by atoms with van der Waals surface area (Å²) in [5, 5.41) is 21.4. The Balaban J connectivity index is 2.12. The summed E-state index contributed by atoms with van der Waals surface area (Å²) in [5.74, 6) is -1.06. The minimum atomic E-state index is -1.06. The van der Waals surface area contributed by atoms with Crippen LogP contribution in [0, 0.1) is 6.92 Å². The van der Waals surface area contributed by atoms with Crippen LogP contribution in [0.3, 0.4) is 0 Å². The van der Waals surface area contributed by atoms with E-state index in [1.165, 1.54) is 0 Å². The number of hydrogen-bond donors (Lipinski definition) is 3. The first kappa shape index (κ1) is 16.5. The van der Waals surface area contributed by atoms with Crippen molar-refractivity contribution >= 4 is 17.6 Å². The molecule has 0 aromatic heterocycles. The van der Waals surface area contributed by atoms with Crippen LogP contribution in [-0.4, -0.2) is 28.8 Å². The van der Waals surface area contributed by atoms with E-state index in [9.17, 15) is 4.79 Å². The molecule has 0 heterocycles. The number of carboxylic acids is 1. The van der Waals surface area contributed by atoms with Crippen LogP contribution in [0.2, 0.25) is 5.02 Å². The SMILES string of the molecule is Cc1cc(CNC(CO)C(=O)O)ccc1-c1ccc(Cl)cc1. The number of benzene rings is 2. The molecule has 0 saturated heterocycles. The third kappa shape index (κ3) is 4.07. The number of aryl methyl sites for hydroxylation is 1. The van der Waals surface area contributed by atoms with Gasteiger partial charge in [0, 0.05) is 11.6 Å². The van der Waals surface area contributed by atoms with Crippen molar-refractivity contribution < 1.29 is 15.0 Å². The van der Waals surface area contributed by atoms with Gasteiger partial charge in [-0.25, -0.2) is 0 Å². The molecular weight excluding hydrogens is 302 g/mol. The van der Waals surface area contributed by atoms with Crippen molar-refractivity contribution in [2.75, 3.05) is 6.61 Å². The Bertz CT molecular complexity index is 655. The Kier molecular flexibility index (Phi) is 5.55. The van der Waals surface area contributed by atoms with Gasteiger partial charge < -0.3 is 10.2 Å². The third-order valence-electron chi connectivity index (χ3n) is 3.48. The number of nitrogens with one attached hydrogen (secondary N) is 1. The molecule has 0 bridgehead atoms. The molecule has 4 nitrogen and oxygen atoms in total. The number of carboxylic acid groups (broad SMARTS) is 1. The fourth-order valence-corrected chi connectivity index (χ4v) is 2.39. The highest BCUT2D eigenvalue weighted by Gasteiger charge is 2.15. The molecule has 2 aromatic rings. The van der Waals surface area contributed by atoms with Gasteiger partial charge in [-0.05, 0) is 41.3 Å². The Hall–Kier alpha value is -1.88. The van der Waals surface area contributed by atoms with Crippen LogP contribution in [0.15, 0.2) is 42.5 Å². The van der Waals surface area contributed by atoms with Gasteiger partial charge in [-0.15, -0.1) is 0 Å². The fourth-order valence-electron chi connectivity index (χ4n) is 2.26. The maximum absolute atomic E-state index is 10.9. The predicted molar refractivity (Wildman–Crippen MR) is 87.0 cm³/mol. The van der Waals surface area contributed by atoms with Crippen molar-refractivity contribution in [3.63, 3.8) is 0 Å². The van der Waals surface area contributed by atoms with Crippen molar-refractivity contribution in [1.82, 2.24) is 5.32 Å². The molecule has 0 aliphatic rings. The predicted octanol–water partition coefficient (Wildman–Crippen LogP) is 2.85. The van der Waals surface area contributed by atoms with Gasteiger partial charge in [-0.3, -0.25) is 10.1 Å². The van der Waals surface area contributed by atoms with Crippen LogP contribution in [0.5, 0.6) is 0 Å². The summed E-state index contributed by atoms with van der Waals surface area (Å²) in [6.07, 6.45) is 0. The highest BCUT2D eigenvalue weighted by molar-refractivity contribution is 6.30. The molecule has 0 radical (unpaired) electrons. The van der Waals surface area contributed by atoms with Crippen LogP contribution < -0.4 is 5.32 Å². The average molecular weight is 320 g/mol. The average Bonchev–Trinajstić information content (AvgIpc) is 2.49. The molecule has 22 heavy (non-hydrogen) atoms. The lowest BCUT2D eigenvalue weighted by Crippen LogP contribution is -2.39. The molecule has 0 saturated carbocycles. The summed E-state index contributed by atoms with van der Waals surface area (Å²) in [4.78, 5) is 10.9. The number of rotatable bonds is 6. The second-order valence-corrected chi connectivity index (χ2v) is 5.55. The fraction of sp³-hybridized carbons (Fsp3) is 0.235. The Morgan fingerprint density at radius 1 is 1.23 bits per heavy atom. The molecule has 0 fully saturated rings. The van der Waals surface area contributed by atoms with E-state index < -0.39 is 18.6 Å². The number of carbonyl (C=O) groups is 1. The van der Waals surface area contributed by atoms with E-state index in [1.807, 2.05) is 49.4 Å². The zero-order valence-electron chi connectivity index (χ0n) is 12.2. The Morgan fingerprint density at radius 3 is 2.45 bits per heavy atom. The number of aliphatic hydroxyl groups excluding tert-OH is 1. The van der Waals surface area contributed by atoms with Crippen LogP contribution >= 0.6 is 11.6 Å². The van der Waals surface area contributed by atoms with Gasteiger partial charge in [-0.1, -0.05) is 41.9 Å². The lowest BCUT2D eigenvalue weighted by Gasteiger charge is -2.13. The number of halogens is 1. The molecule has 0 aliphatic carbocycles. The van der Waals surface area contributed by atoms with Gasteiger partial charge in [0.2, 0.25) is 0 Å². The van der Waals surface area contributed by atoms with Gasteiger partial charge in [0.15, 0.2) is 0 Å². The highest BCUT2D eigenvalue weighted by Crippen LogP contribution is 2.25. The molecule has 3 N–H and O–H groups in total. The minimum absolute atomic E-state index is 0.388. The molecule has 0 spiro atoms. The minimum Gasteiger partial charge on any atom is -0.480 e. The molecule has 2 rings (SSSR count). The smallest absolute Gasteiger partial charge is 0.323 e. The monoisotopic (exact) mass is 319 g/mol. The van der Waals surface area contributed by atoms with E-state index in [0.29, 0.717) is 11.6 Å². The second-order valence-electron chi connectivity index (χ2n) is 5.11. The van der Waals surface area contributed by atoms with Gasteiger partial charge >= 0.3 is 5.97 Å². The molecule has 0 amide bonds. The number of hydrogen-bond acceptors (Lipinski definition) is 3. The molecule has 116 valence electrons. The zero-order chi connectivity index (χ0) is 16.1. The van der Waals surface area contributed by atoms with Crippen LogP contribution in [0.25, 0.3) is 11.1 Å². The van der Waals surface area contributed by atoms with Gasteiger partial charge in [-0.2, -0.15) is 0 Å². The molecule has 1 atom stereocenters. The van der Waals surface area contributed by atoms with Crippen molar-refractivity contribution in [3.05, 3.63) is 58.6 Å². The summed E-state index contributed by atoms with van der Waals surface area (Å²) in [5.41, 5.74) is 4.25. The van der Waals surface area contributed by atoms with Gasteiger partial charge in [0.1, 0.15) is 6.04 Å². The summed E-state index contributed by atoms with van der Waals surface area (Å²) >= 11 is 5.90. The second kappa shape index (κ2) is 7.40. The summed E-state index contributed by atoms with van der Waals surface area (Å²) in [6, 6.07) is 12.6. The molecule has 0 aliphatic heterocycles. The third-order valence-corrected chi connectivity index (χ3v) is 3.73. The van der Waals surface area contributed by atoms with Crippen molar-refractivity contribution in [2.24, 2.45) is 0 Å². The van der Waals surface area contributed by atoms with Crippen LogP contribution in [0.4, 0.5) is 0 Å². The summed E-state index contributed by atoms with van der Waals surface area (Å²) < 4.78 is 0. The van der Waals surface area contributed by atoms with Crippen molar-refractivity contribution in [2.45, 2.75) is 19.5 Å². The maximum atomic E-state index is 10.9. The van der Waals surface area contributed by atoms with E-state index >= 15 is 0 Å². The standard InChI is InChI=1S/C17H18ClNO3/c1-11-8-12(9-19-16(10-20)17(21)22)2-7-15(11)13-3-5-14(18)6-4-13/h2-8,16,19-20H,9-10H2,1H3,(H,21,22). The topological polar surface area (TPSA) is 69.6 Å². The van der Waals surface area contributed by atoms with E-state index in [-0.39, 0.29) is 0 Å². The number of aliphatic hydroxyl groups is 1. The maximum Gasteiger partial charge on any atom is 0.323 e. The zero-order valence-corrected chi connectivity index (χ0v) is 13.0. The van der Waals surface area contributed by atoms with E-state index in [2.05, 4.69) is 5.32 Å².